The van der Waals surface area contributed by atoms with Crippen molar-refractivity contribution in [1.29, 1.82) is 5.26 Å². The second kappa shape index (κ2) is 9.59. The number of aryl methyl sites for hydroxylation is 1. The fraction of sp³-hybridized carbons (Fsp3) is 0.440. The van der Waals surface area contributed by atoms with E-state index in [9.17, 15) is 10.1 Å². The molecule has 2 atom stereocenters. The number of nitrogens with zero attached hydrogens (tertiary/aromatic N) is 2. The first-order valence-corrected chi connectivity index (χ1v) is 11.3. The molecule has 8 nitrogen and oxygen atoms in total. The number of ether oxygens (including phenoxy) is 4. The van der Waals surface area contributed by atoms with Crippen molar-refractivity contribution in [2.24, 2.45) is 5.73 Å². The van der Waals surface area contributed by atoms with Gasteiger partial charge >= 0.3 is 0 Å². The fourth-order valence-electron chi connectivity index (χ4n) is 4.54. The molecule has 0 spiro atoms. The highest BCUT2D eigenvalue weighted by Crippen LogP contribution is 2.46. The van der Waals surface area contributed by atoms with Crippen LogP contribution in [0.15, 0.2) is 40.5 Å². The van der Waals surface area contributed by atoms with Gasteiger partial charge in [0.25, 0.3) is 5.56 Å². The van der Waals surface area contributed by atoms with E-state index in [0.29, 0.717) is 54.7 Å². The molecule has 8 heteroatoms. The largest absolute Gasteiger partial charge is 0.490 e. The minimum atomic E-state index is -0.746. The van der Waals surface area contributed by atoms with E-state index in [1.54, 1.807) is 10.6 Å². The Kier molecular flexibility index (Phi) is 6.61. The molecule has 0 bridgehead atoms. The maximum Gasteiger partial charge on any atom is 0.258 e. The summed E-state index contributed by atoms with van der Waals surface area (Å²) in [6, 6.07) is 9.42. The summed E-state index contributed by atoms with van der Waals surface area (Å²) in [5, 5.41) is 9.99. The van der Waals surface area contributed by atoms with E-state index < -0.39 is 5.92 Å². The lowest BCUT2D eigenvalue weighted by atomic mass is 9.83. The summed E-state index contributed by atoms with van der Waals surface area (Å²) in [6.07, 6.45) is 1.87. The van der Waals surface area contributed by atoms with E-state index in [1.807, 2.05) is 39.0 Å². The van der Waals surface area contributed by atoms with Crippen molar-refractivity contribution >= 4 is 0 Å². The molecule has 0 aliphatic carbocycles. The molecule has 2 aliphatic heterocycles. The molecule has 1 aromatic carbocycles. The average molecular weight is 452 g/mol. The number of allylic oxidation sites excluding steroid dienone is 1. The van der Waals surface area contributed by atoms with Crippen molar-refractivity contribution in [2.75, 3.05) is 19.8 Å². The van der Waals surface area contributed by atoms with Crippen LogP contribution < -0.4 is 25.5 Å². The number of hydrogen-bond acceptors (Lipinski definition) is 7. The molecule has 0 unspecified atom stereocenters. The van der Waals surface area contributed by atoms with E-state index in [1.165, 1.54) is 0 Å². The first-order chi connectivity index (χ1) is 16.0. The van der Waals surface area contributed by atoms with Crippen molar-refractivity contribution in [3.05, 3.63) is 62.9 Å². The number of rotatable bonds is 7. The van der Waals surface area contributed by atoms with Crippen LogP contribution in [0.2, 0.25) is 0 Å². The first kappa shape index (κ1) is 22.7. The molecule has 0 radical (unpaired) electrons. The Morgan fingerprint density at radius 2 is 2.06 bits per heavy atom. The Balaban J connectivity index is 1.94. The number of benzene rings is 1. The topological polar surface area (TPSA) is 109 Å². The van der Waals surface area contributed by atoms with E-state index >= 15 is 0 Å². The molecule has 0 amide bonds. The molecular formula is C25H29N3O5. The van der Waals surface area contributed by atoms with Gasteiger partial charge in [0.1, 0.15) is 17.4 Å². The standard InChI is InChI=1S/C25H29N3O5/c1-4-30-19-10-6-9-17(23(19)31-5-2)21-18(13-26)24(27)33-20-12-15(3)28(25(29)22(20)21)14-16-8-7-11-32-16/h6,9-10,12,16,21H,4-5,7-8,11,14,27H2,1-3H3/t16-,21+/m0/s1. The molecule has 1 fully saturated rings. The quantitative estimate of drug-likeness (QED) is 0.688. The lowest BCUT2D eigenvalue weighted by Gasteiger charge is -2.29. The lowest BCUT2D eigenvalue weighted by Crippen LogP contribution is -2.35. The summed E-state index contributed by atoms with van der Waals surface area (Å²) in [5.74, 6) is 0.629. The Bertz CT molecular complexity index is 1170. The predicted molar refractivity (Wildman–Crippen MR) is 122 cm³/mol. The number of para-hydroxylation sites is 1. The third kappa shape index (κ3) is 4.16. The third-order valence-electron chi connectivity index (χ3n) is 6.01. The molecule has 2 N–H and O–H groups in total. The second-order valence-electron chi connectivity index (χ2n) is 8.08. The van der Waals surface area contributed by atoms with Crippen LogP contribution in [0, 0.1) is 18.3 Å². The molecular weight excluding hydrogens is 422 g/mol. The van der Waals surface area contributed by atoms with Crippen molar-refractivity contribution in [3.8, 4) is 23.3 Å². The third-order valence-corrected chi connectivity index (χ3v) is 6.01. The van der Waals surface area contributed by atoms with Crippen LogP contribution in [-0.4, -0.2) is 30.5 Å². The van der Waals surface area contributed by atoms with E-state index in [2.05, 4.69) is 6.07 Å². The summed E-state index contributed by atoms with van der Waals surface area (Å²) in [4.78, 5) is 13.8. The Morgan fingerprint density at radius 3 is 2.73 bits per heavy atom. The van der Waals surface area contributed by atoms with Crippen molar-refractivity contribution in [1.82, 2.24) is 4.57 Å². The monoisotopic (exact) mass is 451 g/mol. The molecule has 2 aromatic rings. The van der Waals surface area contributed by atoms with Gasteiger partial charge in [-0.15, -0.1) is 0 Å². The Morgan fingerprint density at radius 1 is 1.27 bits per heavy atom. The number of aromatic nitrogens is 1. The van der Waals surface area contributed by atoms with Crippen LogP contribution in [0.25, 0.3) is 0 Å². The van der Waals surface area contributed by atoms with E-state index in [-0.39, 0.29) is 23.1 Å². The average Bonchev–Trinajstić information content (AvgIpc) is 3.30. The van der Waals surface area contributed by atoms with Crippen LogP contribution in [0.3, 0.4) is 0 Å². The zero-order valence-corrected chi connectivity index (χ0v) is 19.2. The van der Waals surface area contributed by atoms with Gasteiger partial charge in [-0.1, -0.05) is 12.1 Å². The van der Waals surface area contributed by atoms with Gasteiger partial charge in [-0.05, 0) is 39.7 Å². The summed E-state index contributed by atoms with van der Waals surface area (Å²) < 4.78 is 25.0. The van der Waals surface area contributed by atoms with Crippen LogP contribution in [-0.2, 0) is 11.3 Å². The fourth-order valence-corrected chi connectivity index (χ4v) is 4.54. The zero-order valence-electron chi connectivity index (χ0n) is 19.2. The highest BCUT2D eigenvalue weighted by atomic mass is 16.5. The molecule has 1 aromatic heterocycles. The minimum Gasteiger partial charge on any atom is -0.490 e. The van der Waals surface area contributed by atoms with E-state index in [4.69, 9.17) is 24.7 Å². The van der Waals surface area contributed by atoms with Gasteiger partial charge < -0.3 is 29.2 Å². The summed E-state index contributed by atoms with van der Waals surface area (Å²) >= 11 is 0. The number of pyridine rings is 1. The lowest BCUT2D eigenvalue weighted by molar-refractivity contribution is 0.0954. The van der Waals surface area contributed by atoms with Crippen LogP contribution in [0.5, 0.6) is 17.2 Å². The normalized spacial score (nSPS) is 19.6. The predicted octanol–water partition coefficient (Wildman–Crippen LogP) is 3.35. The molecule has 33 heavy (non-hydrogen) atoms. The summed E-state index contributed by atoms with van der Waals surface area (Å²) in [6.45, 7) is 7.61. The number of nitriles is 1. The van der Waals surface area contributed by atoms with Crippen LogP contribution in [0.1, 0.15) is 49.4 Å². The SMILES string of the molecule is CCOc1cccc([C@@H]2C(C#N)=C(N)Oc3cc(C)n(C[C@@H]4CCCO4)c(=O)c32)c1OCC. The van der Waals surface area contributed by atoms with Gasteiger partial charge in [0.15, 0.2) is 11.5 Å². The molecule has 2 aliphatic rings. The molecule has 1 saturated heterocycles. The first-order valence-electron chi connectivity index (χ1n) is 11.3. The molecule has 4 rings (SSSR count). The Hall–Kier alpha value is -3.44. The van der Waals surface area contributed by atoms with Crippen molar-refractivity contribution in [3.63, 3.8) is 0 Å². The maximum atomic E-state index is 13.8. The Labute approximate surface area is 193 Å². The molecule has 0 saturated carbocycles. The van der Waals surface area contributed by atoms with Gasteiger partial charge in [-0.3, -0.25) is 4.79 Å². The maximum absolute atomic E-state index is 13.8. The number of fused-ring (bicyclic) bond motifs is 1. The smallest absolute Gasteiger partial charge is 0.258 e. The van der Waals surface area contributed by atoms with Gasteiger partial charge in [0.05, 0.1) is 37.3 Å². The molecule has 3 heterocycles. The van der Waals surface area contributed by atoms with Gasteiger partial charge in [0.2, 0.25) is 5.88 Å². The second-order valence-corrected chi connectivity index (χ2v) is 8.08. The van der Waals surface area contributed by atoms with Gasteiger partial charge in [-0.2, -0.15) is 5.26 Å². The number of hydrogen-bond donors (Lipinski definition) is 1. The van der Waals surface area contributed by atoms with Gasteiger partial charge in [0, 0.05) is 23.9 Å². The number of nitrogens with two attached hydrogens (primary N) is 1. The van der Waals surface area contributed by atoms with Crippen LogP contribution in [0.4, 0.5) is 0 Å². The highest BCUT2D eigenvalue weighted by Gasteiger charge is 2.37. The van der Waals surface area contributed by atoms with Crippen molar-refractivity contribution in [2.45, 2.75) is 52.2 Å². The summed E-state index contributed by atoms with van der Waals surface area (Å²) in [7, 11) is 0. The van der Waals surface area contributed by atoms with Crippen LogP contribution >= 0.6 is 0 Å². The molecule has 174 valence electrons. The zero-order chi connectivity index (χ0) is 23.5. The van der Waals surface area contributed by atoms with E-state index in [0.717, 1.165) is 18.5 Å². The highest BCUT2D eigenvalue weighted by molar-refractivity contribution is 5.60. The summed E-state index contributed by atoms with van der Waals surface area (Å²) in [5.41, 5.74) is 7.84. The van der Waals surface area contributed by atoms with Gasteiger partial charge in [-0.25, -0.2) is 0 Å². The minimum absolute atomic E-state index is 0.0151. The van der Waals surface area contributed by atoms with Crippen molar-refractivity contribution < 1.29 is 18.9 Å².